The number of hydrogen-bond acceptors (Lipinski definition) is 6. The normalized spacial score (nSPS) is 16.4. The van der Waals surface area contributed by atoms with Crippen LogP contribution in [0.4, 0.5) is 13.6 Å². The Bertz CT molecular complexity index is 1380. The van der Waals surface area contributed by atoms with Gasteiger partial charge in [-0.1, -0.05) is 0 Å². The number of rotatable bonds is 4. The maximum atomic E-state index is 15.5. The lowest BCUT2D eigenvalue weighted by atomic mass is 10.0. The number of amides is 1. The summed E-state index contributed by atoms with van der Waals surface area (Å²) < 4.78 is 49.5. The van der Waals surface area contributed by atoms with E-state index in [2.05, 4.69) is 4.98 Å². The number of carbonyl (C=O) groups is 2. The third kappa shape index (κ3) is 6.73. The lowest BCUT2D eigenvalue weighted by Crippen LogP contribution is -2.48. The Morgan fingerprint density at radius 3 is 2.31 bits per heavy atom. The molecule has 0 N–H and O–H groups in total. The second-order valence-corrected chi connectivity index (χ2v) is 11.8. The first kappa shape index (κ1) is 28.5. The molecule has 0 spiro atoms. The van der Waals surface area contributed by atoms with Gasteiger partial charge in [-0.15, -0.1) is 0 Å². The average Bonchev–Trinajstić information content (AvgIpc) is 3.13. The Balaban J connectivity index is 1.71. The van der Waals surface area contributed by atoms with Crippen LogP contribution in [0.2, 0.25) is 0 Å². The Labute approximate surface area is 226 Å². The van der Waals surface area contributed by atoms with E-state index in [1.165, 1.54) is 0 Å². The lowest BCUT2D eigenvalue weighted by Gasteiger charge is -2.34. The zero-order valence-corrected chi connectivity index (χ0v) is 23.4. The summed E-state index contributed by atoms with van der Waals surface area (Å²) in [6.07, 6.45) is 1.11. The Morgan fingerprint density at radius 2 is 1.69 bits per heavy atom. The van der Waals surface area contributed by atoms with Crippen LogP contribution >= 0.6 is 0 Å². The predicted octanol–water partition coefficient (Wildman–Crippen LogP) is 5.72. The van der Waals surface area contributed by atoms with Gasteiger partial charge in [0, 0.05) is 19.2 Å². The van der Waals surface area contributed by atoms with Crippen LogP contribution in [0.3, 0.4) is 0 Å². The van der Waals surface area contributed by atoms with Crippen LogP contribution in [0.5, 0.6) is 0 Å². The standard InChI is InChI=1S/C29H35F2N3O5/c1-17-8-9-34-22(15-19-16-33(10-11-37-19)27(36)39-29(5,6)7)25(32-23(34)12-17)24-20(30)13-18(14-21(24)31)26(35)38-28(2,3)4/h8-9,12-14,19H,10-11,15-16H2,1-7H3. The molecule has 8 nitrogen and oxygen atoms in total. The topological polar surface area (TPSA) is 82.4 Å². The average molecular weight is 544 g/mol. The number of morpholine rings is 1. The molecule has 210 valence electrons. The van der Waals surface area contributed by atoms with Gasteiger partial charge in [-0.25, -0.2) is 23.4 Å². The molecule has 2 aromatic heterocycles. The maximum absolute atomic E-state index is 15.5. The summed E-state index contributed by atoms with van der Waals surface area (Å²) in [4.78, 5) is 31.3. The summed E-state index contributed by atoms with van der Waals surface area (Å²) >= 11 is 0. The number of nitrogens with zero attached hydrogens (tertiary/aromatic N) is 3. The van der Waals surface area contributed by atoms with E-state index in [9.17, 15) is 9.59 Å². The number of esters is 1. The number of carbonyl (C=O) groups excluding carboxylic acids is 2. The van der Waals surface area contributed by atoms with Crippen LogP contribution in [-0.4, -0.2) is 63.3 Å². The van der Waals surface area contributed by atoms with Gasteiger partial charge in [-0.05, 0) is 78.3 Å². The third-order valence-electron chi connectivity index (χ3n) is 6.01. The van der Waals surface area contributed by atoms with Crippen molar-refractivity contribution in [2.24, 2.45) is 0 Å². The van der Waals surface area contributed by atoms with Crippen molar-refractivity contribution in [3.63, 3.8) is 0 Å². The third-order valence-corrected chi connectivity index (χ3v) is 6.01. The van der Waals surface area contributed by atoms with E-state index in [1.54, 1.807) is 57.0 Å². The van der Waals surface area contributed by atoms with Gasteiger partial charge < -0.3 is 23.5 Å². The monoisotopic (exact) mass is 543 g/mol. The van der Waals surface area contributed by atoms with E-state index >= 15 is 8.78 Å². The van der Waals surface area contributed by atoms with Crippen molar-refractivity contribution in [1.82, 2.24) is 14.3 Å². The summed E-state index contributed by atoms with van der Waals surface area (Å²) in [6.45, 7) is 13.2. The van der Waals surface area contributed by atoms with E-state index in [4.69, 9.17) is 14.2 Å². The first-order valence-corrected chi connectivity index (χ1v) is 12.9. The first-order valence-electron chi connectivity index (χ1n) is 12.9. The van der Waals surface area contributed by atoms with Crippen LogP contribution in [0.1, 0.15) is 63.2 Å². The summed E-state index contributed by atoms with van der Waals surface area (Å²) in [5.74, 6) is -2.69. The van der Waals surface area contributed by atoms with E-state index in [-0.39, 0.29) is 29.8 Å². The smallest absolute Gasteiger partial charge is 0.410 e. The Morgan fingerprint density at radius 1 is 1.05 bits per heavy atom. The molecule has 1 unspecified atom stereocenters. The summed E-state index contributed by atoms with van der Waals surface area (Å²) in [5.41, 5.74) is 0.0208. The highest BCUT2D eigenvalue weighted by atomic mass is 19.1. The number of pyridine rings is 1. The molecule has 3 heterocycles. The molecule has 1 aliphatic rings. The molecule has 3 aromatic rings. The maximum Gasteiger partial charge on any atom is 0.410 e. The van der Waals surface area contributed by atoms with Crippen molar-refractivity contribution < 1.29 is 32.6 Å². The van der Waals surface area contributed by atoms with Crippen molar-refractivity contribution in [2.45, 2.75) is 72.2 Å². The highest BCUT2D eigenvalue weighted by Crippen LogP contribution is 2.32. The van der Waals surface area contributed by atoms with Crippen LogP contribution < -0.4 is 0 Å². The fourth-order valence-corrected chi connectivity index (χ4v) is 4.40. The molecular formula is C29H35F2N3O5. The number of aryl methyl sites for hydroxylation is 1. The Kier molecular flexibility index (Phi) is 7.71. The molecule has 0 saturated carbocycles. The highest BCUT2D eigenvalue weighted by Gasteiger charge is 2.31. The van der Waals surface area contributed by atoms with E-state index in [1.807, 2.05) is 19.1 Å². The van der Waals surface area contributed by atoms with Gasteiger partial charge in [0.25, 0.3) is 0 Å². The largest absolute Gasteiger partial charge is 0.456 e. The molecule has 1 aromatic carbocycles. The molecule has 1 aliphatic heterocycles. The van der Waals surface area contributed by atoms with Crippen LogP contribution in [-0.2, 0) is 20.6 Å². The van der Waals surface area contributed by atoms with Crippen molar-refractivity contribution in [3.05, 3.63) is 58.9 Å². The number of halogens is 2. The SMILES string of the molecule is Cc1ccn2c(CC3CN(C(=O)OC(C)(C)C)CCO3)c(-c3c(F)cc(C(=O)OC(C)(C)C)cc3F)nc2c1. The number of fused-ring (bicyclic) bond motifs is 1. The predicted molar refractivity (Wildman–Crippen MR) is 142 cm³/mol. The Hall–Kier alpha value is -3.53. The summed E-state index contributed by atoms with van der Waals surface area (Å²) in [7, 11) is 0. The number of aromatic nitrogens is 2. The zero-order chi connectivity index (χ0) is 28.7. The van der Waals surface area contributed by atoms with Crippen LogP contribution in [0, 0.1) is 18.6 Å². The second-order valence-electron chi connectivity index (χ2n) is 11.8. The molecule has 1 atom stereocenters. The molecule has 1 fully saturated rings. The van der Waals surface area contributed by atoms with E-state index in [0.29, 0.717) is 24.5 Å². The molecule has 1 saturated heterocycles. The summed E-state index contributed by atoms with van der Waals surface area (Å²) in [5, 5.41) is 0. The fraction of sp³-hybridized carbons (Fsp3) is 0.483. The van der Waals surface area contributed by atoms with Gasteiger partial charge in [0.2, 0.25) is 0 Å². The van der Waals surface area contributed by atoms with Gasteiger partial charge in [-0.3, -0.25) is 0 Å². The molecule has 0 radical (unpaired) electrons. The van der Waals surface area contributed by atoms with Gasteiger partial charge in [-0.2, -0.15) is 0 Å². The van der Waals surface area contributed by atoms with E-state index in [0.717, 1.165) is 17.7 Å². The number of benzene rings is 1. The van der Waals surface area contributed by atoms with Crippen molar-refractivity contribution in [3.8, 4) is 11.3 Å². The molecule has 39 heavy (non-hydrogen) atoms. The molecular weight excluding hydrogens is 508 g/mol. The molecule has 1 amide bonds. The molecule has 0 aliphatic carbocycles. The van der Waals surface area contributed by atoms with Crippen LogP contribution in [0.25, 0.3) is 16.9 Å². The van der Waals surface area contributed by atoms with Gasteiger partial charge in [0.05, 0.1) is 41.8 Å². The number of imidazole rings is 1. The van der Waals surface area contributed by atoms with Gasteiger partial charge >= 0.3 is 12.1 Å². The minimum Gasteiger partial charge on any atom is -0.456 e. The lowest BCUT2D eigenvalue weighted by molar-refractivity contribution is -0.0418. The second kappa shape index (κ2) is 10.6. The van der Waals surface area contributed by atoms with Crippen molar-refractivity contribution >= 4 is 17.7 Å². The first-order chi connectivity index (χ1) is 18.1. The van der Waals surface area contributed by atoms with Crippen molar-refractivity contribution in [1.29, 1.82) is 0 Å². The van der Waals surface area contributed by atoms with Gasteiger partial charge in [0.1, 0.15) is 28.5 Å². The van der Waals surface area contributed by atoms with Gasteiger partial charge in [0.15, 0.2) is 0 Å². The molecule has 4 rings (SSSR count). The van der Waals surface area contributed by atoms with Crippen LogP contribution in [0.15, 0.2) is 30.5 Å². The molecule has 0 bridgehead atoms. The quantitative estimate of drug-likeness (QED) is 0.392. The van der Waals surface area contributed by atoms with E-state index < -0.39 is 41.0 Å². The highest BCUT2D eigenvalue weighted by molar-refractivity contribution is 5.90. The summed E-state index contributed by atoms with van der Waals surface area (Å²) in [6, 6.07) is 5.61. The zero-order valence-electron chi connectivity index (χ0n) is 23.4. The fourth-order valence-electron chi connectivity index (χ4n) is 4.40. The number of ether oxygens (including phenoxy) is 3. The number of hydrogen-bond donors (Lipinski definition) is 0. The minimum atomic E-state index is -0.933. The minimum absolute atomic E-state index is 0.101. The molecule has 10 heteroatoms. The van der Waals surface area contributed by atoms with Crippen molar-refractivity contribution in [2.75, 3.05) is 19.7 Å².